The minimum absolute atomic E-state index is 0. The number of hydrogen-bond acceptors (Lipinski definition) is 5. The SMILES string of the molecule is COc1ccccc1CNCc1ccc(OCC(N)=O)c(OC)c1.Cl. The minimum atomic E-state index is -0.528. The highest BCUT2D eigenvalue weighted by molar-refractivity contribution is 5.85. The molecule has 1 amide bonds. The molecule has 0 aliphatic carbocycles. The molecule has 2 aromatic rings. The van der Waals surface area contributed by atoms with Crippen LogP contribution in [-0.2, 0) is 17.9 Å². The largest absolute Gasteiger partial charge is 0.496 e. The van der Waals surface area contributed by atoms with Gasteiger partial charge < -0.3 is 25.3 Å². The van der Waals surface area contributed by atoms with E-state index in [0.29, 0.717) is 24.6 Å². The van der Waals surface area contributed by atoms with Crippen molar-refractivity contribution >= 4 is 18.3 Å². The summed E-state index contributed by atoms with van der Waals surface area (Å²) in [6.45, 7) is 1.17. The van der Waals surface area contributed by atoms with Gasteiger partial charge in [-0.15, -0.1) is 12.4 Å². The van der Waals surface area contributed by atoms with Crippen LogP contribution in [0.2, 0.25) is 0 Å². The summed E-state index contributed by atoms with van der Waals surface area (Å²) in [6.07, 6.45) is 0. The average Bonchev–Trinajstić information content (AvgIpc) is 2.60. The lowest BCUT2D eigenvalue weighted by Gasteiger charge is -2.12. The summed E-state index contributed by atoms with van der Waals surface area (Å²) in [4.78, 5) is 10.8. The quantitative estimate of drug-likeness (QED) is 0.711. The molecule has 25 heavy (non-hydrogen) atoms. The van der Waals surface area contributed by atoms with Gasteiger partial charge in [0.2, 0.25) is 0 Å². The molecule has 0 heterocycles. The van der Waals surface area contributed by atoms with Gasteiger partial charge >= 0.3 is 0 Å². The van der Waals surface area contributed by atoms with Gasteiger partial charge in [0.1, 0.15) is 5.75 Å². The summed E-state index contributed by atoms with van der Waals surface area (Å²) in [5.41, 5.74) is 7.21. The minimum Gasteiger partial charge on any atom is -0.496 e. The lowest BCUT2D eigenvalue weighted by molar-refractivity contribution is -0.119. The lowest BCUT2D eigenvalue weighted by atomic mass is 10.1. The molecule has 7 heteroatoms. The van der Waals surface area contributed by atoms with Crippen molar-refractivity contribution < 1.29 is 19.0 Å². The Morgan fingerprint density at radius 2 is 1.72 bits per heavy atom. The molecule has 0 saturated heterocycles. The second-order valence-corrected chi connectivity index (χ2v) is 5.16. The van der Waals surface area contributed by atoms with E-state index < -0.39 is 5.91 Å². The number of hydrogen-bond donors (Lipinski definition) is 2. The Hall–Kier alpha value is -2.44. The van der Waals surface area contributed by atoms with Crippen LogP contribution in [0.1, 0.15) is 11.1 Å². The molecule has 0 aliphatic rings. The zero-order valence-electron chi connectivity index (χ0n) is 14.3. The normalized spacial score (nSPS) is 9.84. The maximum absolute atomic E-state index is 10.8. The van der Waals surface area contributed by atoms with Gasteiger partial charge in [0.05, 0.1) is 14.2 Å². The number of nitrogens with one attached hydrogen (secondary N) is 1. The number of carbonyl (C=O) groups excluding carboxylic acids is 1. The Kier molecular flexibility index (Phi) is 8.60. The number of carbonyl (C=O) groups is 1. The zero-order valence-corrected chi connectivity index (χ0v) is 15.1. The number of amides is 1. The summed E-state index contributed by atoms with van der Waals surface area (Å²) in [5, 5.41) is 3.36. The van der Waals surface area contributed by atoms with Gasteiger partial charge in [-0.25, -0.2) is 0 Å². The van der Waals surface area contributed by atoms with Crippen LogP contribution < -0.4 is 25.3 Å². The number of benzene rings is 2. The fourth-order valence-electron chi connectivity index (χ4n) is 2.28. The molecule has 6 nitrogen and oxygen atoms in total. The molecule has 0 saturated carbocycles. The number of halogens is 1. The predicted octanol–water partition coefficient (Wildman–Crippen LogP) is 2.28. The van der Waals surface area contributed by atoms with Gasteiger partial charge in [-0.1, -0.05) is 24.3 Å². The molecule has 0 bridgehead atoms. The third-order valence-electron chi connectivity index (χ3n) is 3.44. The summed E-state index contributed by atoms with van der Waals surface area (Å²) in [6, 6.07) is 13.4. The van der Waals surface area contributed by atoms with Gasteiger partial charge in [-0.3, -0.25) is 4.79 Å². The third-order valence-corrected chi connectivity index (χ3v) is 3.44. The summed E-state index contributed by atoms with van der Waals surface area (Å²) >= 11 is 0. The van der Waals surface area contributed by atoms with Crippen LogP contribution in [0, 0.1) is 0 Å². The monoisotopic (exact) mass is 366 g/mol. The fraction of sp³-hybridized carbons (Fsp3) is 0.278. The van der Waals surface area contributed by atoms with Crippen molar-refractivity contribution in [1.82, 2.24) is 5.32 Å². The maximum atomic E-state index is 10.8. The molecule has 0 atom stereocenters. The number of rotatable bonds is 9. The highest BCUT2D eigenvalue weighted by atomic mass is 35.5. The molecule has 0 aliphatic heterocycles. The number of ether oxygens (including phenoxy) is 3. The van der Waals surface area contributed by atoms with E-state index in [9.17, 15) is 4.79 Å². The van der Waals surface area contributed by atoms with Crippen molar-refractivity contribution in [3.63, 3.8) is 0 Å². The van der Waals surface area contributed by atoms with E-state index in [1.807, 2.05) is 36.4 Å². The van der Waals surface area contributed by atoms with Crippen LogP contribution in [0.3, 0.4) is 0 Å². The highest BCUT2D eigenvalue weighted by Crippen LogP contribution is 2.28. The van der Waals surface area contributed by atoms with Gasteiger partial charge in [0.15, 0.2) is 18.1 Å². The smallest absolute Gasteiger partial charge is 0.255 e. The van der Waals surface area contributed by atoms with Crippen LogP contribution in [-0.4, -0.2) is 26.7 Å². The standard InChI is InChI=1S/C18H22N2O4.ClH/c1-22-15-6-4-3-5-14(15)11-20-10-13-7-8-16(17(9-13)23-2)24-12-18(19)21;/h3-9,20H,10-12H2,1-2H3,(H2,19,21);1H. The number of methoxy groups -OCH3 is 2. The lowest BCUT2D eigenvalue weighted by Crippen LogP contribution is -2.20. The molecule has 0 spiro atoms. The second-order valence-electron chi connectivity index (χ2n) is 5.16. The molecule has 2 aromatic carbocycles. The van der Waals surface area contributed by atoms with Gasteiger partial charge in [0, 0.05) is 18.7 Å². The molecule has 136 valence electrons. The summed E-state index contributed by atoms with van der Waals surface area (Å²) < 4.78 is 15.9. The van der Waals surface area contributed by atoms with E-state index >= 15 is 0 Å². The molecule has 0 unspecified atom stereocenters. The van der Waals surface area contributed by atoms with Crippen molar-refractivity contribution in [2.75, 3.05) is 20.8 Å². The molecule has 0 fully saturated rings. The summed E-state index contributed by atoms with van der Waals surface area (Å²) in [7, 11) is 3.22. The van der Waals surface area contributed by atoms with Crippen LogP contribution in [0.5, 0.6) is 17.2 Å². The first kappa shape index (κ1) is 20.6. The van der Waals surface area contributed by atoms with Crippen molar-refractivity contribution in [2.24, 2.45) is 5.73 Å². The van der Waals surface area contributed by atoms with Crippen LogP contribution in [0.15, 0.2) is 42.5 Å². The van der Waals surface area contributed by atoms with Gasteiger partial charge in [-0.2, -0.15) is 0 Å². The Bertz CT molecular complexity index is 695. The highest BCUT2D eigenvalue weighted by Gasteiger charge is 2.07. The van der Waals surface area contributed by atoms with E-state index in [0.717, 1.165) is 16.9 Å². The summed E-state index contributed by atoms with van der Waals surface area (Å²) in [5.74, 6) is 1.38. The van der Waals surface area contributed by atoms with Gasteiger partial charge in [-0.05, 0) is 23.8 Å². The van der Waals surface area contributed by atoms with Crippen molar-refractivity contribution in [3.8, 4) is 17.2 Å². The zero-order chi connectivity index (χ0) is 17.4. The first-order chi connectivity index (χ1) is 11.6. The van der Waals surface area contributed by atoms with Crippen LogP contribution in [0.4, 0.5) is 0 Å². The Morgan fingerprint density at radius 1 is 1.00 bits per heavy atom. The molecular formula is C18H23ClN2O4. The van der Waals surface area contributed by atoms with E-state index in [4.69, 9.17) is 19.9 Å². The molecular weight excluding hydrogens is 344 g/mol. The number of para-hydroxylation sites is 1. The second kappa shape index (κ2) is 10.4. The Balaban J connectivity index is 0.00000312. The number of nitrogens with two attached hydrogens (primary N) is 1. The van der Waals surface area contributed by atoms with E-state index in [-0.39, 0.29) is 19.0 Å². The van der Waals surface area contributed by atoms with E-state index in [1.54, 1.807) is 20.3 Å². The molecule has 0 radical (unpaired) electrons. The average molecular weight is 367 g/mol. The number of primary amides is 1. The Morgan fingerprint density at radius 3 is 2.40 bits per heavy atom. The van der Waals surface area contributed by atoms with Gasteiger partial charge in [0.25, 0.3) is 5.91 Å². The van der Waals surface area contributed by atoms with Crippen molar-refractivity contribution in [2.45, 2.75) is 13.1 Å². The van der Waals surface area contributed by atoms with Crippen molar-refractivity contribution in [1.29, 1.82) is 0 Å². The van der Waals surface area contributed by atoms with E-state index in [2.05, 4.69) is 5.32 Å². The van der Waals surface area contributed by atoms with Crippen molar-refractivity contribution in [3.05, 3.63) is 53.6 Å². The third kappa shape index (κ3) is 6.17. The molecule has 2 rings (SSSR count). The first-order valence-electron chi connectivity index (χ1n) is 7.54. The Labute approximate surface area is 153 Å². The van der Waals surface area contributed by atoms with E-state index in [1.165, 1.54) is 0 Å². The maximum Gasteiger partial charge on any atom is 0.255 e. The topological polar surface area (TPSA) is 82.8 Å². The molecule has 0 aromatic heterocycles. The van der Waals surface area contributed by atoms with Crippen LogP contribution >= 0.6 is 12.4 Å². The molecule has 3 N–H and O–H groups in total. The first-order valence-corrected chi connectivity index (χ1v) is 7.54. The predicted molar refractivity (Wildman–Crippen MR) is 98.5 cm³/mol. The fourth-order valence-corrected chi connectivity index (χ4v) is 2.28. The van der Waals surface area contributed by atoms with Crippen LogP contribution in [0.25, 0.3) is 0 Å².